The molecular weight excluding hydrogens is 180 g/mol. The fourth-order valence-electron chi connectivity index (χ4n) is 1.15. The van der Waals surface area contributed by atoms with Crippen LogP contribution in [0.15, 0.2) is 24.3 Å². The summed E-state index contributed by atoms with van der Waals surface area (Å²) in [5, 5.41) is 11.3. The predicted molar refractivity (Wildman–Crippen MR) is 54.2 cm³/mol. The molecule has 0 atom stereocenters. The van der Waals surface area contributed by atoms with E-state index in [4.69, 9.17) is 5.21 Å². The molecule has 0 aliphatic carbocycles. The Hall–Kier alpha value is -1.55. The molecule has 1 aromatic rings. The lowest BCUT2D eigenvalue weighted by atomic mass is 10.1. The molecule has 4 nitrogen and oxygen atoms in total. The van der Waals surface area contributed by atoms with Crippen LogP contribution in [0.5, 0.6) is 0 Å². The standard InChI is InChI=1S/C10H14N2O2/c1-11-9-5-2-8(3-6-9)4-7-10(13)12-14/h2-3,5-6,11,14H,4,7H2,1H3,(H,12,13). The lowest BCUT2D eigenvalue weighted by molar-refractivity contribution is -0.129. The van der Waals surface area contributed by atoms with Gasteiger partial charge in [0.05, 0.1) is 0 Å². The van der Waals surface area contributed by atoms with E-state index in [0.29, 0.717) is 12.8 Å². The van der Waals surface area contributed by atoms with Crippen LogP contribution in [0, 0.1) is 0 Å². The molecule has 1 rings (SSSR count). The molecule has 14 heavy (non-hydrogen) atoms. The molecule has 1 amide bonds. The van der Waals surface area contributed by atoms with Crippen molar-refractivity contribution in [3.8, 4) is 0 Å². The number of hydroxylamine groups is 1. The molecule has 1 aromatic carbocycles. The summed E-state index contributed by atoms with van der Waals surface area (Å²) >= 11 is 0. The van der Waals surface area contributed by atoms with Gasteiger partial charge < -0.3 is 5.32 Å². The Kier molecular flexibility index (Phi) is 3.94. The van der Waals surface area contributed by atoms with Crippen LogP contribution in [0.25, 0.3) is 0 Å². The number of anilines is 1. The molecular formula is C10H14N2O2. The van der Waals surface area contributed by atoms with Gasteiger partial charge in [0.25, 0.3) is 0 Å². The SMILES string of the molecule is CNc1ccc(CCC(=O)NO)cc1. The molecule has 3 N–H and O–H groups in total. The van der Waals surface area contributed by atoms with E-state index in [1.807, 2.05) is 31.3 Å². The van der Waals surface area contributed by atoms with Crippen molar-refractivity contribution in [2.75, 3.05) is 12.4 Å². The van der Waals surface area contributed by atoms with Crippen LogP contribution in [0.3, 0.4) is 0 Å². The second-order valence-corrected chi connectivity index (χ2v) is 2.98. The van der Waals surface area contributed by atoms with Crippen molar-refractivity contribution in [2.45, 2.75) is 12.8 Å². The number of benzene rings is 1. The molecule has 0 aromatic heterocycles. The summed E-state index contributed by atoms with van der Waals surface area (Å²) in [5.41, 5.74) is 3.72. The van der Waals surface area contributed by atoms with Crippen molar-refractivity contribution in [3.63, 3.8) is 0 Å². The summed E-state index contributed by atoms with van der Waals surface area (Å²) in [6.07, 6.45) is 0.936. The Morgan fingerprint density at radius 3 is 2.50 bits per heavy atom. The number of carbonyl (C=O) groups is 1. The number of aryl methyl sites for hydroxylation is 1. The minimum absolute atomic E-state index is 0.301. The Balaban J connectivity index is 2.47. The summed E-state index contributed by atoms with van der Waals surface area (Å²) < 4.78 is 0. The average Bonchev–Trinajstić information content (AvgIpc) is 2.26. The van der Waals surface area contributed by atoms with Crippen molar-refractivity contribution in [3.05, 3.63) is 29.8 Å². The first-order chi connectivity index (χ1) is 6.76. The maximum Gasteiger partial charge on any atom is 0.243 e. The van der Waals surface area contributed by atoms with Crippen LogP contribution in [0.4, 0.5) is 5.69 Å². The fourth-order valence-corrected chi connectivity index (χ4v) is 1.15. The van der Waals surface area contributed by atoms with E-state index in [2.05, 4.69) is 5.32 Å². The first kappa shape index (κ1) is 10.5. The van der Waals surface area contributed by atoms with Crippen molar-refractivity contribution in [2.24, 2.45) is 0 Å². The molecule has 0 unspecified atom stereocenters. The number of hydrogen-bond acceptors (Lipinski definition) is 3. The highest BCUT2D eigenvalue weighted by Gasteiger charge is 1.99. The Labute approximate surface area is 82.9 Å². The maximum absolute atomic E-state index is 10.7. The first-order valence-corrected chi connectivity index (χ1v) is 4.46. The molecule has 0 heterocycles. The monoisotopic (exact) mass is 194 g/mol. The van der Waals surface area contributed by atoms with Crippen LogP contribution < -0.4 is 10.8 Å². The van der Waals surface area contributed by atoms with Gasteiger partial charge in [-0.2, -0.15) is 0 Å². The minimum atomic E-state index is -0.359. The van der Waals surface area contributed by atoms with Gasteiger partial charge in [-0.05, 0) is 24.1 Å². The number of amides is 1. The molecule has 0 spiro atoms. The first-order valence-electron chi connectivity index (χ1n) is 4.46. The molecule has 0 saturated carbocycles. The average molecular weight is 194 g/mol. The molecule has 0 aliphatic heterocycles. The second kappa shape index (κ2) is 5.24. The van der Waals surface area contributed by atoms with Crippen LogP contribution in [0.1, 0.15) is 12.0 Å². The van der Waals surface area contributed by atoms with Crippen LogP contribution in [-0.4, -0.2) is 18.2 Å². The highest BCUT2D eigenvalue weighted by atomic mass is 16.5. The summed E-state index contributed by atoms with van der Waals surface area (Å²) in [6, 6.07) is 7.81. The van der Waals surface area contributed by atoms with Gasteiger partial charge in [-0.1, -0.05) is 12.1 Å². The zero-order valence-electron chi connectivity index (χ0n) is 8.08. The zero-order valence-corrected chi connectivity index (χ0v) is 8.08. The van der Waals surface area contributed by atoms with Crippen LogP contribution >= 0.6 is 0 Å². The lowest BCUT2D eigenvalue weighted by Gasteiger charge is -2.02. The van der Waals surface area contributed by atoms with Gasteiger partial charge in [-0.15, -0.1) is 0 Å². The fraction of sp³-hybridized carbons (Fsp3) is 0.300. The van der Waals surface area contributed by atoms with Crippen LogP contribution in [0.2, 0.25) is 0 Å². The number of rotatable bonds is 4. The maximum atomic E-state index is 10.7. The highest BCUT2D eigenvalue weighted by molar-refractivity contribution is 5.74. The molecule has 76 valence electrons. The molecule has 0 bridgehead atoms. The Morgan fingerprint density at radius 2 is 2.00 bits per heavy atom. The largest absolute Gasteiger partial charge is 0.388 e. The molecule has 4 heteroatoms. The highest BCUT2D eigenvalue weighted by Crippen LogP contribution is 2.09. The van der Waals surface area contributed by atoms with Gasteiger partial charge in [0.15, 0.2) is 0 Å². The van der Waals surface area contributed by atoms with E-state index in [1.165, 1.54) is 0 Å². The van der Waals surface area contributed by atoms with Crippen molar-refractivity contribution in [1.82, 2.24) is 5.48 Å². The van der Waals surface area contributed by atoms with E-state index in [1.54, 1.807) is 5.48 Å². The summed E-state index contributed by atoms with van der Waals surface area (Å²) in [6.45, 7) is 0. The summed E-state index contributed by atoms with van der Waals surface area (Å²) in [7, 11) is 1.86. The van der Waals surface area contributed by atoms with Crippen LogP contribution in [-0.2, 0) is 11.2 Å². The molecule has 0 saturated heterocycles. The third kappa shape index (κ3) is 3.06. The third-order valence-electron chi connectivity index (χ3n) is 2.01. The topological polar surface area (TPSA) is 61.4 Å². The van der Waals surface area contributed by atoms with E-state index < -0.39 is 0 Å². The van der Waals surface area contributed by atoms with Crippen molar-refractivity contribution >= 4 is 11.6 Å². The van der Waals surface area contributed by atoms with Crippen molar-refractivity contribution in [1.29, 1.82) is 0 Å². The van der Waals surface area contributed by atoms with Gasteiger partial charge in [-0.25, -0.2) is 5.48 Å². The smallest absolute Gasteiger partial charge is 0.243 e. The Bertz CT molecular complexity index is 295. The molecule has 0 fully saturated rings. The van der Waals surface area contributed by atoms with E-state index in [0.717, 1.165) is 11.3 Å². The summed E-state index contributed by atoms with van der Waals surface area (Å²) in [4.78, 5) is 10.7. The van der Waals surface area contributed by atoms with Gasteiger partial charge in [0, 0.05) is 19.2 Å². The summed E-state index contributed by atoms with van der Waals surface area (Å²) in [5.74, 6) is -0.359. The van der Waals surface area contributed by atoms with E-state index in [-0.39, 0.29) is 5.91 Å². The minimum Gasteiger partial charge on any atom is -0.388 e. The molecule has 0 aliphatic rings. The third-order valence-corrected chi connectivity index (χ3v) is 2.01. The van der Waals surface area contributed by atoms with Gasteiger partial charge >= 0.3 is 0 Å². The second-order valence-electron chi connectivity index (χ2n) is 2.98. The normalized spacial score (nSPS) is 9.57. The number of carbonyl (C=O) groups excluding carboxylic acids is 1. The zero-order chi connectivity index (χ0) is 10.4. The van der Waals surface area contributed by atoms with Gasteiger partial charge in [-0.3, -0.25) is 10.0 Å². The van der Waals surface area contributed by atoms with E-state index >= 15 is 0 Å². The Morgan fingerprint density at radius 1 is 1.36 bits per heavy atom. The molecule has 0 radical (unpaired) electrons. The van der Waals surface area contributed by atoms with Gasteiger partial charge in [0.2, 0.25) is 5.91 Å². The predicted octanol–water partition coefficient (Wildman–Crippen LogP) is 1.17. The lowest BCUT2D eigenvalue weighted by Crippen LogP contribution is -2.18. The van der Waals surface area contributed by atoms with E-state index in [9.17, 15) is 4.79 Å². The quantitative estimate of drug-likeness (QED) is 0.498. The van der Waals surface area contributed by atoms with Crippen molar-refractivity contribution < 1.29 is 10.0 Å². The number of hydrogen-bond donors (Lipinski definition) is 3. The van der Waals surface area contributed by atoms with Gasteiger partial charge in [0.1, 0.15) is 0 Å². The number of nitrogens with one attached hydrogen (secondary N) is 2.